The average Bonchev–Trinajstić information content (AvgIpc) is 3.19. The number of benzene rings is 2. The van der Waals surface area contributed by atoms with E-state index in [1.54, 1.807) is 0 Å². The van der Waals surface area contributed by atoms with Crippen molar-refractivity contribution in [3.8, 4) is 11.4 Å². The van der Waals surface area contributed by atoms with Crippen LogP contribution in [0.2, 0.25) is 0 Å². The number of halogens is 1. The third kappa shape index (κ3) is 4.96. The number of likely N-dealkylation sites (tertiary alicyclic amines) is 1. The lowest BCUT2D eigenvalue weighted by Crippen LogP contribution is -2.40. The van der Waals surface area contributed by atoms with Crippen molar-refractivity contribution < 1.29 is 9.32 Å². The van der Waals surface area contributed by atoms with Gasteiger partial charge in [-0.05, 0) is 69.1 Å². The Balaban J connectivity index is 1.37. The van der Waals surface area contributed by atoms with Crippen LogP contribution in [0.5, 0.6) is 0 Å². The van der Waals surface area contributed by atoms with Gasteiger partial charge in [-0.3, -0.25) is 9.69 Å². The van der Waals surface area contributed by atoms with Gasteiger partial charge in [-0.15, -0.1) is 0 Å². The van der Waals surface area contributed by atoms with E-state index in [-0.39, 0.29) is 11.8 Å². The molecule has 0 radical (unpaired) electrons. The molecule has 156 valence electrons. The fourth-order valence-electron chi connectivity index (χ4n) is 3.83. The molecule has 1 fully saturated rings. The molecule has 4 rings (SSSR count). The molecule has 1 atom stereocenters. The lowest BCUT2D eigenvalue weighted by atomic mass is 9.96. The predicted molar refractivity (Wildman–Crippen MR) is 120 cm³/mol. The van der Waals surface area contributed by atoms with Crippen LogP contribution in [0.15, 0.2) is 51.5 Å². The minimum Gasteiger partial charge on any atom is -0.338 e. The number of hydrogen-bond donors (Lipinski definition) is 1. The number of carbonyl (C=O) groups is 1. The van der Waals surface area contributed by atoms with Crippen molar-refractivity contribution in [3.05, 3.63) is 64.0 Å². The second-order valence-electron chi connectivity index (χ2n) is 7.90. The van der Waals surface area contributed by atoms with Gasteiger partial charge >= 0.3 is 0 Å². The van der Waals surface area contributed by atoms with Crippen molar-refractivity contribution in [2.24, 2.45) is 5.92 Å². The molecule has 1 aromatic heterocycles. The van der Waals surface area contributed by atoms with Crippen LogP contribution in [0.4, 0.5) is 5.69 Å². The number of nitrogens with zero attached hydrogens (tertiary/aromatic N) is 3. The number of carbonyl (C=O) groups excluding carboxylic acids is 1. The number of nitrogens with one attached hydrogen (secondary N) is 1. The first-order chi connectivity index (χ1) is 14.5. The van der Waals surface area contributed by atoms with Crippen molar-refractivity contribution in [3.63, 3.8) is 0 Å². The van der Waals surface area contributed by atoms with Crippen molar-refractivity contribution in [1.29, 1.82) is 0 Å². The van der Waals surface area contributed by atoms with E-state index in [1.807, 2.05) is 43.3 Å². The molecule has 2 heterocycles. The number of anilines is 1. The number of aromatic nitrogens is 2. The van der Waals surface area contributed by atoms with Gasteiger partial charge in [0.15, 0.2) is 0 Å². The van der Waals surface area contributed by atoms with Gasteiger partial charge < -0.3 is 9.84 Å². The van der Waals surface area contributed by atoms with Gasteiger partial charge in [0.1, 0.15) is 0 Å². The molecule has 6 nitrogen and oxygen atoms in total. The van der Waals surface area contributed by atoms with Crippen LogP contribution in [0.1, 0.15) is 29.9 Å². The lowest BCUT2D eigenvalue weighted by Gasteiger charge is -2.31. The Morgan fingerprint density at radius 2 is 2.03 bits per heavy atom. The molecule has 1 aliphatic heterocycles. The highest BCUT2D eigenvalue weighted by Crippen LogP contribution is 2.23. The number of piperidine rings is 1. The Hall–Kier alpha value is -2.51. The topological polar surface area (TPSA) is 71.3 Å². The Morgan fingerprint density at radius 3 is 2.80 bits per heavy atom. The Bertz CT molecular complexity index is 1030. The molecule has 1 unspecified atom stereocenters. The van der Waals surface area contributed by atoms with Crippen LogP contribution in [0.3, 0.4) is 0 Å². The zero-order chi connectivity index (χ0) is 21.1. The highest BCUT2D eigenvalue weighted by Gasteiger charge is 2.27. The summed E-state index contributed by atoms with van der Waals surface area (Å²) in [7, 11) is 0. The van der Waals surface area contributed by atoms with Gasteiger partial charge in [0, 0.05) is 22.3 Å². The van der Waals surface area contributed by atoms with Crippen molar-refractivity contribution >= 4 is 27.5 Å². The van der Waals surface area contributed by atoms with E-state index in [0.29, 0.717) is 24.8 Å². The largest absolute Gasteiger partial charge is 0.338 e. The first kappa shape index (κ1) is 20.8. The van der Waals surface area contributed by atoms with Crippen molar-refractivity contribution in [2.75, 3.05) is 18.4 Å². The van der Waals surface area contributed by atoms with Gasteiger partial charge in [-0.2, -0.15) is 4.98 Å². The monoisotopic (exact) mass is 468 g/mol. The Morgan fingerprint density at radius 1 is 1.23 bits per heavy atom. The van der Waals surface area contributed by atoms with Crippen molar-refractivity contribution in [1.82, 2.24) is 15.0 Å². The summed E-state index contributed by atoms with van der Waals surface area (Å²) in [6.07, 6.45) is 1.86. The summed E-state index contributed by atoms with van der Waals surface area (Å²) in [5.74, 6) is 1.18. The summed E-state index contributed by atoms with van der Waals surface area (Å²) in [6.45, 7) is 6.23. The van der Waals surface area contributed by atoms with Gasteiger partial charge in [-0.25, -0.2) is 0 Å². The predicted octanol–water partition coefficient (Wildman–Crippen LogP) is 4.97. The number of aryl methyl sites for hydroxylation is 2. The molecule has 1 N–H and O–H groups in total. The van der Waals surface area contributed by atoms with E-state index >= 15 is 0 Å². The summed E-state index contributed by atoms with van der Waals surface area (Å²) in [5.41, 5.74) is 4.08. The molecule has 0 spiro atoms. The molecule has 0 bridgehead atoms. The van der Waals surface area contributed by atoms with E-state index in [2.05, 4.69) is 49.3 Å². The smallest absolute Gasteiger partial charge is 0.241 e. The second-order valence-corrected chi connectivity index (χ2v) is 8.82. The van der Waals surface area contributed by atoms with Crippen LogP contribution >= 0.6 is 15.9 Å². The molecule has 30 heavy (non-hydrogen) atoms. The summed E-state index contributed by atoms with van der Waals surface area (Å²) in [4.78, 5) is 19.6. The zero-order valence-corrected chi connectivity index (χ0v) is 18.8. The number of amides is 1. The SMILES string of the molecule is Cc1ccc(NC(=O)C2CCCN(Cc3nc(-c4ccc(Br)cc4)no3)C2)c(C)c1. The van der Waals surface area contributed by atoms with Crippen LogP contribution < -0.4 is 5.32 Å². The van der Waals surface area contributed by atoms with E-state index in [0.717, 1.165) is 40.7 Å². The number of rotatable bonds is 5. The third-order valence-corrected chi connectivity index (χ3v) is 5.97. The molecular formula is C23H25BrN4O2. The zero-order valence-electron chi connectivity index (χ0n) is 17.2. The quantitative estimate of drug-likeness (QED) is 0.572. The van der Waals surface area contributed by atoms with Gasteiger partial charge in [0.25, 0.3) is 0 Å². The maximum absolute atomic E-state index is 12.8. The molecule has 1 saturated heterocycles. The standard InChI is InChI=1S/C23H25BrN4O2/c1-15-5-10-20(16(2)12-15)25-23(29)18-4-3-11-28(13-18)14-21-26-22(27-30-21)17-6-8-19(24)9-7-17/h5-10,12,18H,3-4,11,13-14H2,1-2H3,(H,25,29). The fourth-order valence-corrected chi connectivity index (χ4v) is 4.09. The number of hydrogen-bond acceptors (Lipinski definition) is 5. The maximum Gasteiger partial charge on any atom is 0.241 e. The van der Waals surface area contributed by atoms with E-state index < -0.39 is 0 Å². The Labute approximate surface area is 184 Å². The third-order valence-electron chi connectivity index (χ3n) is 5.45. The molecule has 3 aromatic rings. The average molecular weight is 469 g/mol. The molecule has 0 saturated carbocycles. The van der Waals surface area contributed by atoms with Gasteiger partial charge in [-0.1, -0.05) is 38.8 Å². The minimum atomic E-state index is -0.0479. The van der Waals surface area contributed by atoms with Crippen LogP contribution in [-0.2, 0) is 11.3 Å². The van der Waals surface area contributed by atoms with E-state index in [4.69, 9.17) is 4.52 Å². The maximum atomic E-state index is 12.8. The molecule has 1 amide bonds. The first-order valence-corrected chi connectivity index (χ1v) is 11.0. The summed E-state index contributed by atoms with van der Waals surface area (Å²) in [5, 5.41) is 7.20. The molecular weight excluding hydrogens is 444 g/mol. The fraction of sp³-hybridized carbons (Fsp3) is 0.348. The minimum absolute atomic E-state index is 0.0479. The highest BCUT2D eigenvalue weighted by atomic mass is 79.9. The van der Waals surface area contributed by atoms with Crippen molar-refractivity contribution in [2.45, 2.75) is 33.2 Å². The molecule has 1 aliphatic rings. The van der Waals surface area contributed by atoms with E-state index in [1.165, 1.54) is 5.56 Å². The van der Waals surface area contributed by atoms with Crippen LogP contribution in [-0.4, -0.2) is 34.0 Å². The molecule has 2 aromatic carbocycles. The van der Waals surface area contributed by atoms with Crippen LogP contribution in [0, 0.1) is 19.8 Å². The van der Waals surface area contributed by atoms with E-state index in [9.17, 15) is 4.79 Å². The second kappa shape index (κ2) is 9.10. The summed E-state index contributed by atoms with van der Waals surface area (Å²) < 4.78 is 6.46. The van der Waals surface area contributed by atoms with Gasteiger partial charge in [0.2, 0.25) is 17.6 Å². The molecule has 7 heteroatoms. The van der Waals surface area contributed by atoms with Crippen LogP contribution in [0.25, 0.3) is 11.4 Å². The lowest BCUT2D eigenvalue weighted by molar-refractivity contribution is -0.121. The Kier molecular flexibility index (Phi) is 6.29. The first-order valence-electron chi connectivity index (χ1n) is 10.2. The normalized spacial score (nSPS) is 17.1. The highest BCUT2D eigenvalue weighted by molar-refractivity contribution is 9.10. The van der Waals surface area contributed by atoms with Gasteiger partial charge in [0.05, 0.1) is 12.5 Å². The summed E-state index contributed by atoms with van der Waals surface area (Å²) >= 11 is 3.43. The molecule has 0 aliphatic carbocycles. The summed E-state index contributed by atoms with van der Waals surface area (Å²) in [6, 6.07) is 13.9.